The van der Waals surface area contributed by atoms with Crippen LogP contribution in [0.2, 0.25) is 0 Å². The Labute approximate surface area is 97.0 Å². The quantitative estimate of drug-likeness (QED) is 0.845. The van der Waals surface area contributed by atoms with Gasteiger partial charge in [-0.3, -0.25) is 4.68 Å². The van der Waals surface area contributed by atoms with Crippen LogP contribution < -0.4 is 5.32 Å². The van der Waals surface area contributed by atoms with Gasteiger partial charge in [0, 0.05) is 31.0 Å². The summed E-state index contributed by atoms with van der Waals surface area (Å²) in [5, 5.41) is 7.78. The minimum Gasteiger partial charge on any atom is -0.373 e. The minimum atomic E-state index is 0.214. The SMILES string of the molecule is CCNC1CCOC(c2cnn(C)c2C)C1. The van der Waals surface area contributed by atoms with Crippen LogP contribution in [0.25, 0.3) is 0 Å². The molecule has 1 N–H and O–H groups in total. The third-order valence-electron chi connectivity index (χ3n) is 3.40. The molecular weight excluding hydrogens is 202 g/mol. The molecule has 0 amide bonds. The van der Waals surface area contributed by atoms with Gasteiger partial charge in [-0.1, -0.05) is 6.92 Å². The second-order valence-electron chi connectivity index (χ2n) is 4.45. The lowest BCUT2D eigenvalue weighted by Crippen LogP contribution is -2.36. The Morgan fingerprint density at radius 1 is 1.62 bits per heavy atom. The summed E-state index contributed by atoms with van der Waals surface area (Å²) in [6.45, 7) is 6.13. The fourth-order valence-corrected chi connectivity index (χ4v) is 2.32. The van der Waals surface area contributed by atoms with E-state index in [4.69, 9.17) is 4.74 Å². The van der Waals surface area contributed by atoms with Gasteiger partial charge in [0.05, 0.1) is 12.3 Å². The molecule has 4 heteroatoms. The van der Waals surface area contributed by atoms with Gasteiger partial charge in [0.1, 0.15) is 0 Å². The van der Waals surface area contributed by atoms with E-state index in [9.17, 15) is 0 Å². The lowest BCUT2D eigenvalue weighted by atomic mass is 9.98. The topological polar surface area (TPSA) is 39.1 Å². The molecule has 1 aromatic heterocycles. The lowest BCUT2D eigenvalue weighted by molar-refractivity contribution is 0.000200. The summed E-state index contributed by atoms with van der Waals surface area (Å²) < 4.78 is 7.75. The molecule has 1 aliphatic rings. The number of nitrogens with zero attached hydrogens (tertiary/aromatic N) is 2. The summed E-state index contributed by atoms with van der Waals surface area (Å²) >= 11 is 0. The maximum Gasteiger partial charge on any atom is 0.0872 e. The standard InChI is InChI=1S/C12H21N3O/c1-4-13-10-5-6-16-12(7-10)11-8-14-15(3)9(11)2/h8,10,12-13H,4-7H2,1-3H3. The first kappa shape index (κ1) is 11.6. The van der Waals surface area contributed by atoms with Gasteiger partial charge < -0.3 is 10.1 Å². The average Bonchev–Trinajstić information content (AvgIpc) is 2.61. The van der Waals surface area contributed by atoms with E-state index in [0.717, 1.165) is 26.0 Å². The summed E-state index contributed by atoms with van der Waals surface area (Å²) in [7, 11) is 1.98. The molecule has 4 nitrogen and oxygen atoms in total. The van der Waals surface area contributed by atoms with Crippen molar-refractivity contribution < 1.29 is 4.74 Å². The number of rotatable bonds is 3. The predicted molar refractivity (Wildman–Crippen MR) is 63.3 cm³/mol. The first-order chi connectivity index (χ1) is 7.72. The summed E-state index contributed by atoms with van der Waals surface area (Å²) in [6, 6.07) is 0.586. The number of aryl methyl sites for hydroxylation is 1. The number of hydrogen-bond donors (Lipinski definition) is 1. The molecule has 0 radical (unpaired) electrons. The fraction of sp³-hybridized carbons (Fsp3) is 0.750. The Bertz CT molecular complexity index is 346. The zero-order valence-electron chi connectivity index (χ0n) is 10.4. The van der Waals surface area contributed by atoms with Crippen molar-refractivity contribution in [2.45, 2.75) is 38.8 Å². The zero-order valence-corrected chi connectivity index (χ0v) is 10.4. The summed E-state index contributed by atoms with van der Waals surface area (Å²) in [4.78, 5) is 0. The van der Waals surface area contributed by atoms with Crippen molar-refractivity contribution in [1.29, 1.82) is 0 Å². The monoisotopic (exact) mass is 223 g/mol. The van der Waals surface area contributed by atoms with E-state index in [1.807, 2.05) is 17.9 Å². The van der Waals surface area contributed by atoms with Crippen molar-refractivity contribution in [2.24, 2.45) is 7.05 Å². The molecule has 0 spiro atoms. The van der Waals surface area contributed by atoms with Crippen molar-refractivity contribution >= 4 is 0 Å². The molecule has 2 heterocycles. The second kappa shape index (κ2) is 4.97. The van der Waals surface area contributed by atoms with Gasteiger partial charge in [-0.05, 0) is 26.3 Å². The Balaban J connectivity index is 2.06. The highest BCUT2D eigenvalue weighted by Crippen LogP contribution is 2.29. The summed E-state index contributed by atoms with van der Waals surface area (Å²) in [5.74, 6) is 0. The lowest BCUT2D eigenvalue weighted by Gasteiger charge is -2.30. The second-order valence-corrected chi connectivity index (χ2v) is 4.45. The molecule has 0 saturated carbocycles. The Morgan fingerprint density at radius 3 is 3.06 bits per heavy atom. The molecule has 90 valence electrons. The molecule has 1 aliphatic heterocycles. The molecule has 2 atom stereocenters. The van der Waals surface area contributed by atoms with Crippen LogP contribution in [0.4, 0.5) is 0 Å². The fourth-order valence-electron chi connectivity index (χ4n) is 2.32. The molecule has 1 aromatic rings. The van der Waals surface area contributed by atoms with E-state index in [-0.39, 0.29) is 6.10 Å². The van der Waals surface area contributed by atoms with Gasteiger partial charge >= 0.3 is 0 Å². The smallest absolute Gasteiger partial charge is 0.0872 e. The molecular formula is C12H21N3O. The van der Waals surface area contributed by atoms with Crippen molar-refractivity contribution in [2.75, 3.05) is 13.2 Å². The first-order valence-corrected chi connectivity index (χ1v) is 6.05. The highest BCUT2D eigenvalue weighted by Gasteiger charge is 2.25. The Morgan fingerprint density at radius 2 is 2.44 bits per heavy atom. The maximum absolute atomic E-state index is 5.84. The Hall–Kier alpha value is -0.870. The maximum atomic E-state index is 5.84. The zero-order chi connectivity index (χ0) is 11.5. The number of hydrogen-bond acceptors (Lipinski definition) is 3. The van der Waals surface area contributed by atoms with Crippen LogP contribution in [0.3, 0.4) is 0 Å². The van der Waals surface area contributed by atoms with E-state index >= 15 is 0 Å². The third-order valence-corrected chi connectivity index (χ3v) is 3.40. The number of nitrogens with one attached hydrogen (secondary N) is 1. The van der Waals surface area contributed by atoms with Crippen molar-refractivity contribution in [3.63, 3.8) is 0 Å². The van der Waals surface area contributed by atoms with E-state index in [1.165, 1.54) is 11.3 Å². The van der Waals surface area contributed by atoms with Crippen LogP contribution >= 0.6 is 0 Å². The van der Waals surface area contributed by atoms with Crippen molar-refractivity contribution in [1.82, 2.24) is 15.1 Å². The third kappa shape index (κ3) is 2.28. The van der Waals surface area contributed by atoms with E-state index in [1.54, 1.807) is 0 Å². The van der Waals surface area contributed by atoms with Crippen molar-refractivity contribution in [3.05, 3.63) is 17.5 Å². The molecule has 0 aliphatic carbocycles. The van der Waals surface area contributed by atoms with E-state index in [2.05, 4.69) is 24.3 Å². The van der Waals surface area contributed by atoms with Crippen molar-refractivity contribution in [3.8, 4) is 0 Å². The predicted octanol–water partition coefficient (Wildman–Crippen LogP) is 1.56. The molecule has 16 heavy (non-hydrogen) atoms. The molecule has 0 bridgehead atoms. The largest absolute Gasteiger partial charge is 0.373 e. The molecule has 0 aromatic carbocycles. The average molecular weight is 223 g/mol. The van der Waals surface area contributed by atoms with E-state index in [0.29, 0.717) is 6.04 Å². The highest BCUT2D eigenvalue weighted by atomic mass is 16.5. The van der Waals surface area contributed by atoms with Crippen LogP contribution in [0.5, 0.6) is 0 Å². The van der Waals surface area contributed by atoms with E-state index < -0.39 is 0 Å². The number of aromatic nitrogens is 2. The van der Waals surface area contributed by atoms with Crippen LogP contribution in [-0.4, -0.2) is 29.0 Å². The van der Waals surface area contributed by atoms with Gasteiger partial charge in [0.15, 0.2) is 0 Å². The van der Waals surface area contributed by atoms with Gasteiger partial charge in [0.25, 0.3) is 0 Å². The Kier molecular flexibility index (Phi) is 3.61. The molecule has 2 rings (SSSR count). The van der Waals surface area contributed by atoms with Crippen LogP contribution in [0.1, 0.15) is 37.1 Å². The number of ether oxygens (including phenoxy) is 1. The first-order valence-electron chi connectivity index (χ1n) is 6.05. The molecule has 1 fully saturated rings. The van der Waals surface area contributed by atoms with Gasteiger partial charge in [0.2, 0.25) is 0 Å². The summed E-state index contributed by atoms with van der Waals surface area (Å²) in [6.07, 6.45) is 4.32. The summed E-state index contributed by atoms with van der Waals surface area (Å²) in [5.41, 5.74) is 2.45. The van der Waals surface area contributed by atoms with Crippen LogP contribution in [-0.2, 0) is 11.8 Å². The highest BCUT2D eigenvalue weighted by molar-refractivity contribution is 5.19. The normalized spacial score (nSPS) is 25.9. The molecule has 1 saturated heterocycles. The van der Waals surface area contributed by atoms with Gasteiger partial charge in [-0.25, -0.2) is 0 Å². The molecule has 2 unspecified atom stereocenters. The minimum absolute atomic E-state index is 0.214. The van der Waals surface area contributed by atoms with Gasteiger partial charge in [-0.2, -0.15) is 5.10 Å². The van der Waals surface area contributed by atoms with Crippen LogP contribution in [0.15, 0.2) is 6.20 Å². The van der Waals surface area contributed by atoms with Crippen LogP contribution in [0, 0.1) is 6.92 Å². The van der Waals surface area contributed by atoms with Gasteiger partial charge in [-0.15, -0.1) is 0 Å².